The average molecular weight is 365 g/mol. The summed E-state index contributed by atoms with van der Waals surface area (Å²) in [5.41, 5.74) is 2.14. The SMILES string of the molecule is O=C(Cc1ccccc1)NCCC(=O)Nc1ccc(C(=O)NC2CC2)cc1. The van der Waals surface area contributed by atoms with E-state index < -0.39 is 0 Å². The van der Waals surface area contributed by atoms with Crippen molar-refractivity contribution >= 4 is 23.4 Å². The van der Waals surface area contributed by atoms with E-state index in [4.69, 9.17) is 0 Å². The van der Waals surface area contributed by atoms with Crippen molar-refractivity contribution < 1.29 is 14.4 Å². The van der Waals surface area contributed by atoms with Crippen molar-refractivity contribution in [1.82, 2.24) is 10.6 Å². The van der Waals surface area contributed by atoms with Crippen LogP contribution >= 0.6 is 0 Å². The zero-order chi connectivity index (χ0) is 19.1. The van der Waals surface area contributed by atoms with Crippen LogP contribution in [-0.4, -0.2) is 30.3 Å². The minimum Gasteiger partial charge on any atom is -0.355 e. The lowest BCUT2D eigenvalue weighted by Crippen LogP contribution is -2.28. The van der Waals surface area contributed by atoms with Crippen molar-refractivity contribution in [3.63, 3.8) is 0 Å². The molecule has 1 saturated carbocycles. The molecule has 6 nitrogen and oxygen atoms in total. The van der Waals surface area contributed by atoms with Crippen LogP contribution < -0.4 is 16.0 Å². The fourth-order valence-corrected chi connectivity index (χ4v) is 2.58. The lowest BCUT2D eigenvalue weighted by molar-refractivity contribution is -0.120. The Bertz CT molecular complexity index is 799. The summed E-state index contributed by atoms with van der Waals surface area (Å²) in [6.07, 6.45) is 2.57. The van der Waals surface area contributed by atoms with E-state index in [0.717, 1.165) is 18.4 Å². The molecule has 0 aromatic heterocycles. The normalized spacial score (nSPS) is 12.9. The van der Waals surface area contributed by atoms with Gasteiger partial charge < -0.3 is 16.0 Å². The van der Waals surface area contributed by atoms with Gasteiger partial charge in [-0.15, -0.1) is 0 Å². The monoisotopic (exact) mass is 365 g/mol. The first-order valence-corrected chi connectivity index (χ1v) is 9.11. The van der Waals surface area contributed by atoms with Gasteiger partial charge in [0.25, 0.3) is 5.91 Å². The van der Waals surface area contributed by atoms with Gasteiger partial charge in [-0.2, -0.15) is 0 Å². The molecule has 0 unspecified atom stereocenters. The molecule has 0 saturated heterocycles. The minimum absolute atomic E-state index is 0.0866. The number of carbonyl (C=O) groups excluding carboxylic acids is 3. The topological polar surface area (TPSA) is 87.3 Å². The number of benzene rings is 2. The van der Waals surface area contributed by atoms with E-state index in [9.17, 15) is 14.4 Å². The Morgan fingerprint density at radius 1 is 0.889 bits per heavy atom. The van der Waals surface area contributed by atoms with Gasteiger partial charge in [0.15, 0.2) is 0 Å². The molecule has 0 heterocycles. The summed E-state index contributed by atoms with van der Waals surface area (Å²) in [4.78, 5) is 35.8. The molecule has 3 rings (SSSR count). The minimum atomic E-state index is -0.190. The van der Waals surface area contributed by atoms with Crippen LogP contribution in [0, 0.1) is 0 Å². The van der Waals surface area contributed by atoms with Gasteiger partial charge in [-0.1, -0.05) is 30.3 Å². The summed E-state index contributed by atoms with van der Waals surface area (Å²) in [6.45, 7) is 0.277. The third-order valence-corrected chi connectivity index (χ3v) is 4.23. The van der Waals surface area contributed by atoms with Crippen molar-refractivity contribution in [3.8, 4) is 0 Å². The molecular formula is C21H23N3O3. The zero-order valence-corrected chi connectivity index (χ0v) is 15.0. The maximum atomic E-state index is 12.0. The fourth-order valence-electron chi connectivity index (χ4n) is 2.58. The van der Waals surface area contributed by atoms with Crippen molar-refractivity contribution in [2.75, 3.05) is 11.9 Å². The number of hydrogen-bond acceptors (Lipinski definition) is 3. The third kappa shape index (κ3) is 6.26. The van der Waals surface area contributed by atoms with Gasteiger partial charge in [0, 0.05) is 30.3 Å². The molecular weight excluding hydrogens is 342 g/mol. The molecule has 2 aromatic carbocycles. The second kappa shape index (κ2) is 8.98. The summed E-state index contributed by atoms with van der Waals surface area (Å²) < 4.78 is 0. The Hall–Kier alpha value is -3.15. The molecule has 1 aliphatic rings. The van der Waals surface area contributed by atoms with Crippen LogP contribution in [-0.2, 0) is 16.0 Å². The van der Waals surface area contributed by atoms with E-state index in [0.29, 0.717) is 23.7 Å². The molecule has 0 radical (unpaired) electrons. The lowest BCUT2D eigenvalue weighted by atomic mass is 10.1. The Labute approximate surface area is 158 Å². The Balaban J connectivity index is 1.37. The highest BCUT2D eigenvalue weighted by molar-refractivity contribution is 5.96. The maximum Gasteiger partial charge on any atom is 0.251 e. The van der Waals surface area contributed by atoms with Crippen LogP contribution in [0.3, 0.4) is 0 Å². The fraction of sp³-hybridized carbons (Fsp3) is 0.286. The first-order valence-electron chi connectivity index (χ1n) is 9.11. The molecule has 0 bridgehead atoms. The standard InChI is InChI=1S/C21H23N3O3/c25-19(12-13-22-20(26)14-15-4-2-1-3-5-15)23-17-8-6-16(7-9-17)21(27)24-18-10-11-18/h1-9,18H,10-14H2,(H,22,26)(H,23,25)(H,24,27). The van der Waals surface area contributed by atoms with E-state index in [1.807, 2.05) is 30.3 Å². The molecule has 1 aliphatic carbocycles. The highest BCUT2D eigenvalue weighted by Crippen LogP contribution is 2.19. The molecule has 140 valence electrons. The van der Waals surface area contributed by atoms with Crippen molar-refractivity contribution in [2.24, 2.45) is 0 Å². The molecule has 2 aromatic rings. The number of amides is 3. The predicted molar refractivity (Wildman–Crippen MR) is 103 cm³/mol. The van der Waals surface area contributed by atoms with Crippen molar-refractivity contribution in [3.05, 3.63) is 65.7 Å². The van der Waals surface area contributed by atoms with E-state index in [-0.39, 0.29) is 30.7 Å². The molecule has 0 atom stereocenters. The largest absolute Gasteiger partial charge is 0.355 e. The van der Waals surface area contributed by atoms with Crippen LogP contribution in [0.15, 0.2) is 54.6 Å². The lowest BCUT2D eigenvalue weighted by Gasteiger charge is -2.08. The van der Waals surface area contributed by atoms with Gasteiger partial charge in [0.05, 0.1) is 6.42 Å². The van der Waals surface area contributed by atoms with E-state index in [1.165, 1.54) is 0 Å². The quantitative estimate of drug-likeness (QED) is 0.671. The van der Waals surface area contributed by atoms with Gasteiger partial charge in [-0.3, -0.25) is 14.4 Å². The summed E-state index contributed by atoms with van der Waals surface area (Å²) in [5, 5.41) is 8.43. The van der Waals surface area contributed by atoms with Gasteiger partial charge >= 0.3 is 0 Å². The first kappa shape index (κ1) is 18.6. The summed E-state index contributed by atoms with van der Waals surface area (Å²) in [7, 11) is 0. The Kier molecular flexibility index (Phi) is 6.20. The number of hydrogen-bond donors (Lipinski definition) is 3. The molecule has 27 heavy (non-hydrogen) atoms. The molecule has 3 amide bonds. The number of carbonyl (C=O) groups is 3. The van der Waals surface area contributed by atoms with Gasteiger partial charge in [0.2, 0.25) is 11.8 Å². The highest BCUT2D eigenvalue weighted by atomic mass is 16.2. The molecule has 3 N–H and O–H groups in total. The van der Waals surface area contributed by atoms with Crippen LogP contribution in [0.5, 0.6) is 0 Å². The highest BCUT2D eigenvalue weighted by Gasteiger charge is 2.23. The van der Waals surface area contributed by atoms with E-state index >= 15 is 0 Å². The zero-order valence-electron chi connectivity index (χ0n) is 15.0. The number of rotatable bonds is 8. The third-order valence-electron chi connectivity index (χ3n) is 4.23. The second-order valence-corrected chi connectivity index (χ2v) is 6.64. The Morgan fingerprint density at radius 3 is 2.26 bits per heavy atom. The molecule has 0 spiro atoms. The number of anilines is 1. The maximum absolute atomic E-state index is 12.0. The summed E-state index contributed by atoms with van der Waals surface area (Å²) in [5.74, 6) is -0.387. The first-order chi connectivity index (χ1) is 13.1. The Morgan fingerprint density at radius 2 is 1.59 bits per heavy atom. The summed E-state index contributed by atoms with van der Waals surface area (Å²) >= 11 is 0. The summed E-state index contributed by atoms with van der Waals surface area (Å²) in [6, 6.07) is 16.5. The van der Waals surface area contributed by atoms with Crippen LogP contribution in [0.25, 0.3) is 0 Å². The van der Waals surface area contributed by atoms with Crippen LogP contribution in [0.1, 0.15) is 35.2 Å². The second-order valence-electron chi connectivity index (χ2n) is 6.64. The average Bonchev–Trinajstić information content (AvgIpc) is 3.47. The van der Waals surface area contributed by atoms with Crippen LogP contribution in [0.4, 0.5) is 5.69 Å². The van der Waals surface area contributed by atoms with Crippen molar-refractivity contribution in [1.29, 1.82) is 0 Å². The molecule has 6 heteroatoms. The van der Waals surface area contributed by atoms with E-state index in [1.54, 1.807) is 24.3 Å². The van der Waals surface area contributed by atoms with Crippen molar-refractivity contribution in [2.45, 2.75) is 31.7 Å². The predicted octanol–water partition coefficient (Wildman–Crippen LogP) is 2.27. The number of nitrogens with one attached hydrogen (secondary N) is 3. The smallest absolute Gasteiger partial charge is 0.251 e. The van der Waals surface area contributed by atoms with Gasteiger partial charge in [-0.25, -0.2) is 0 Å². The molecule has 0 aliphatic heterocycles. The van der Waals surface area contributed by atoms with Crippen LogP contribution in [0.2, 0.25) is 0 Å². The van der Waals surface area contributed by atoms with Gasteiger partial charge in [0.1, 0.15) is 0 Å². The van der Waals surface area contributed by atoms with Gasteiger partial charge in [-0.05, 0) is 42.7 Å². The van der Waals surface area contributed by atoms with E-state index in [2.05, 4.69) is 16.0 Å². The molecule has 1 fully saturated rings.